The Morgan fingerprint density at radius 1 is 0.824 bits per heavy atom. The van der Waals surface area contributed by atoms with E-state index in [1.807, 2.05) is 0 Å². The van der Waals surface area contributed by atoms with E-state index in [9.17, 15) is 0 Å². The monoisotopic (exact) mass is 247 g/mol. The molecule has 0 fully saturated rings. The molecule has 9 N–H and O–H groups in total. The second-order valence-corrected chi connectivity index (χ2v) is 4.31. The van der Waals surface area contributed by atoms with E-state index in [0.717, 1.165) is 58.5 Å². The number of nitrogens with two attached hydrogens (primary N) is 4. The van der Waals surface area contributed by atoms with Crippen molar-refractivity contribution in [1.29, 1.82) is 0 Å². The van der Waals surface area contributed by atoms with Crippen LogP contribution in [-0.4, -0.2) is 39.3 Å². The van der Waals surface area contributed by atoms with Crippen molar-refractivity contribution in [3.05, 3.63) is 0 Å². The minimum absolute atomic E-state index is 0.651. The maximum atomic E-state index is 5.37. The minimum Gasteiger partial charge on any atom is -0.330 e. The molecule has 0 radical (unpaired) electrons. The highest BCUT2D eigenvalue weighted by molar-refractivity contribution is 4.52. The van der Waals surface area contributed by atoms with Gasteiger partial charge in [0, 0.05) is 0 Å². The van der Waals surface area contributed by atoms with Crippen molar-refractivity contribution in [2.24, 2.45) is 28.9 Å². The molecule has 0 bridgehead atoms. The van der Waals surface area contributed by atoms with Crippen LogP contribution in [0.1, 0.15) is 32.6 Å². The lowest BCUT2D eigenvalue weighted by molar-refractivity contribution is 0.525. The molecule has 17 heavy (non-hydrogen) atoms. The fourth-order valence-electron chi connectivity index (χ4n) is 1.16. The van der Waals surface area contributed by atoms with Crippen LogP contribution in [0.25, 0.3) is 0 Å². The summed E-state index contributed by atoms with van der Waals surface area (Å²) in [6.45, 7) is 7.33. The van der Waals surface area contributed by atoms with E-state index in [1.54, 1.807) is 0 Å². The summed E-state index contributed by atoms with van der Waals surface area (Å²) in [6.07, 6.45) is 4.40. The van der Waals surface area contributed by atoms with Gasteiger partial charge in [-0.25, -0.2) is 0 Å². The molecule has 0 amide bonds. The van der Waals surface area contributed by atoms with Gasteiger partial charge in [-0.1, -0.05) is 6.92 Å². The standard InChI is InChI=1S/C6H17N3.C6H16N2/c7-3-1-5-9-6-2-4-8;1-6(5-8)3-2-4-7/h9H,1-8H2;6H,2-5,7-8H2,1H3. The van der Waals surface area contributed by atoms with Crippen LogP contribution < -0.4 is 28.3 Å². The molecule has 5 nitrogen and oxygen atoms in total. The Morgan fingerprint density at radius 3 is 1.65 bits per heavy atom. The van der Waals surface area contributed by atoms with E-state index in [2.05, 4.69) is 12.2 Å². The minimum atomic E-state index is 0.651. The highest BCUT2D eigenvalue weighted by Crippen LogP contribution is 2.00. The predicted octanol–water partition coefficient (Wildman–Crippen LogP) is -0.406. The lowest BCUT2D eigenvalue weighted by Gasteiger charge is -2.04. The van der Waals surface area contributed by atoms with E-state index in [-0.39, 0.29) is 0 Å². The van der Waals surface area contributed by atoms with Crippen molar-refractivity contribution in [1.82, 2.24) is 5.32 Å². The van der Waals surface area contributed by atoms with Crippen molar-refractivity contribution >= 4 is 0 Å². The van der Waals surface area contributed by atoms with E-state index in [4.69, 9.17) is 22.9 Å². The van der Waals surface area contributed by atoms with Crippen LogP contribution in [0.5, 0.6) is 0 Å². The third kappa shape index (κ3) is 21.6. The summed E-state index contributed by atoms with van der Waals surface area (Å²) in [5.41, 5.74) is 21.2. The molecule has 1 unspecified atom stereocenters. The van der Waals surface area contributed by atoms with Crippen molar-refractivity contribution < 1.29 is 0 Å². The summed E-state index contributed by atoms with van der Waals surface area (Å²) >= 11 is 0. The largest absolute Gasteiger partial charge is 0.330 e. The SMILES string of the molecule is CC(CN)CCCN.NCCCNCCCN. The smallest absolute Gasteiger partial charge is 0.00369 e. The Balaban J connectivity index is 0. The third-order valence-corrected chi connectivity index (χ3v) is 2.42. The molecule has 0 aromatic heterocycles. The number of nitrogens with one attached hydrogen (secondary N) is 1. The van der Waals surface area contributed by atoms with Gasteiger partial charge in [0.25, 0.3) is 0 Å². The fourth-order valence-corrected chi connectivity index (χ4v) is 1.16. The highest BCUT2D eigenvalue weighted by Gasteiger charge is 1.95. The topological polar surface area (TPSA) is 116 Å². The average molecular weight is 247 g/mol. The first-order valence-corrected chi connectivity index (χ1v) is 6.73. The van der Waals surface area contributed by atoms with Crippen LogP contribution in [0.3, 0.4) is 0 Å². The first-order chi connectivity index (χ1) is 8.22. The second kappa shape index (κ2) is 18.2. The molecular formula is C12H33N5. The molecule has 0 aliphatic rings. The van der Waals surface area contributed by atoms with E-state index in [0.29, 0.717) is 5.92 Å². The fraction of sp³-hybridized carbons (Fsp3) is 1.00. The van der Waals surface area contributed by atoms with Gasteiger partial charge >= 0.3 is 0 Å². The summed E-state index contributed by atoms with van der Waals surface area (Å²) in [4.78, 5) is 0. The molecule has 0 aromatic rings. The van der Waals surface area contributed by atoms with Crippen LogP contribution in [-0.2, 0) is 0 Å². The molecule has 0 rings (SSSR count). The van der Waals surface area contributed by atoms with Crippen LogP contribution in [0.2, 0.25) is 0 Å². The molecule has 5 heteroatoms. The lowest BCUT2D eigenvalue weighted by atomic mass is 10.1. The van der Waals surface area contributed by atoms with Crippen LogP contribution in [0.15, 0.2) is 0 Å². The van der Waals surface area contributed by atoms with Crippen molar-refractivity contribution in [2.45, 2.75) is 32.6 Å². The summed E-state index contributed by atoms with van der Waals surface area (Å²) < 4.78 is 0. The summed E-state index contributed by atoms with van der Waals surface area (Å²) in [5.74, 6) is 0.651. The number of hydrogen-bond acceptors (Lipinski definition) is 5. The predicted molar refractivity (Wildman–Crippen MR) is 76.7 cm³/mol. The van der Waals surface area contributed by atoms with Crippen molar-refractivity contribution in [2.75, 3.05) is 39.3 Å². The molecule has 0 heterocycles. The summed E-state index contributed by atoms with van der Waals surface area (Å²) in [5, 5.41) is 3.23. The molecule has 0 aliphatic carbocycles. The number of rotatable bonds is 10. The maximum absolute atomic E-state index is 5.37. The molecule has 0 spiro atoms. The highest BCUT2D eigenvalue weighted by atomic mass is 14.8. The molecule has 1 atom stereocenters. The normalized spacial score (nSPS) is 11.8. The zero-order valence-electron chi connectivity index (χ0n) is 11.5. The van der Waals surface area contributed by atoms with Gasteiger partial charge in [-0.05, 0) is 70.9 Å². The number of hydrogen-bond donors (Lipinski definition) is 5. The molecule has 106 valence electrons. The Morgan fingerprint density at radius 2 is 1.29 bits per heavy atom. The Kier molecular flexibility index (Phi) is 20.5. The van der Waals surface area contributed by atoms with Crippen LogP contribution in [0, 0.1) is 5.92 Å². The zero-order valence-corrected chi connectivity index (χ0v) is 11.5. The van der Waals surface area contributed by atoms with Crippen molar-refractivity contribution in [3.63, 3.8) is 0 Å². The van der Waals surface area contributed by atoms with E-state index in [1.165, 1.54) is 6.42 Å². The van der Waals surface area contributed by atoms with Gasteiger partial charge in [-0.3, -0.25) is 0 Å². The quantitative estimate of drug-likeness (QED) is 0.337. The van der Waals surface area contributed by atoms with Crippen LogP contribution >= 0.6 is 0 Å². The Bertz CT molecular complexity index is 115. The van der Waals surface area contributed by atoms with Gasteiger partial charge in [0.05, 0.1) is 0 Å². The summed E-state index contributed by atoms with van der Waals surface area (Å²) in [7, 11) is 0. The van der Waals surface area contributed by atoms with E-state index >= 15 is 0 Å². The molecular weight excluding hydrogens is 214 g/mol. The van der Waals surface area contributed by atoms with Gasteiger partial charge in [-0.2, -0.15) is 0 Å². The van der Waals surface area contributed by atoms with Crippen molar-refractivity contribution in [3.8, 4) is 0 Å². The first kappa shape index (κ1) is 19.1. The lowest BCUT2D eigenvalue weighted by Crippen LogP contribution is -2.21. The van der Waals surface area contributed by atoms with Gasteiger partial charge in [0.15, 0.2) is 0 Å². The van der Waals surface area contributed by atoms with E-state index < -0.39 is 0 Å². The molecule has 0 saturated heterocycles. The molecule has 0 saturated carbocycles. The van der Waals surface area contributed by atoms with Gasteiger partial charge < -0.3 is 28.3 Å². The average Bonchev–Trinajstić information content (AvgIpc) is 2.36. The zero-order chi connectivity index (χ0) is 13.4. The molecule has 0 aliphatic heterocycles. The Hall–Kier alpha value is -0.200. The second-order valence-electron chi connectivity index (χ2n) is 4.31. The molecule has 0 aromatic carbocycles. The third-order valence-electron chi connectivity index (χ3n) is 2.42. The first-order valence-electron chi connectivity index (χ1n) is 6.73. The maximum Gasteiger partial charge on any atom is -0.00369 e. The van der Waals surface area contributed by atoms with Crippen LogP contribution in [0.4, 0.5) is 0 Å². The van der Waals surface area contributed by atoms with Gasteiger partial charge in [-0.15, -0.1) is 0 Å². The Labute approximate surface area is 107 Å². The van der Waals surface area contributed by atoms with Gasteiger partial charge in [0.2, 0.25) is 0 Å². The summed E-state index contributed by atoms with van der Waals surface area (Å²) in [6, 6.07) is 0. The van der Waals surface area contributed by atoms with Gasteiger partial charge in [0.1, 0.15) is 0 Å².